The van der Waals surface area contributed by atoms with Crippen molar-refractivity contribution in [1.82, 2.24) is 0 Å². The summed E-state index contributed by atoms with van der Waals surface area (Å²) in [5.41, 5.74) is 0.860. The van der Waals surface area contributed by atoms with Gasteiger partial charge in [0.2, 0.25) is 0 Å². The highest BCUT2D eigenvalue weighted by atomic mass is 28.4. The van der Waals surface area contributed by atoms with Crippen LogP contribution in [-0.4, -0.2) is 25.1 Å². The van der Waals surface area contributed by atoms with E-state index >= 15 is 0 Å². The van der Waals surface area contributed by atoms with Crippen molar-refractivity contribution in [3.05, 3.63) is 12.2 Å². The molecule has 32 heavy (non-hydrogen) atoms. The van der Waals surface area contributed by atoms with Crippen molar-refractivity contribution in [2.24, 2.45) is 40.9 Å². The van der Waals surface area contributed by atoms with Crippen LogP contribution in [0.1, 0.15) is 99.3 Å². The number of fused-ring (bicyclic) bond motifs is 5. The summed E-state index contributed by atoms with van der Waals surface area (Å²) < 4.78 is 6.97. The van der Waals surface area contributed by atoms with Crippen LogP contribution in [0.4, 0.5) is 0 Å². The molecule has 0 saturated heterocycles. The third-order valence-corrected chi connectivity index (χ3v) is 16.3. The molecule has 9 atom stereocenters. The van der Waals surface area contributed by atoms with Crippen molar-refractivity contribution in [3.63, 3.8) is 0 Å². The molecule has 4 aliphatic rings. The van der Waals surface area contributed by atoms with Crippen LogP contribution in [0.3, 0.4) is 0 Å². The summed E-state index contributed by atoms with van der Waals surface area (Å²) in [7, 11) is -1.74. The fourth-order valence-electron chi connectivity index (χ4n) is 8.80. The van der Waals surface area contributed by atoms with Gasteiger partial charge in [0.25, 0.3) is 0 Å². The van der Waals surface area contributed by atoms with Crippen molar-refractivity contribution in [2.45, 2.75) is 129 Å². The molecule has 4 fully saturated rings. The highest BCUT2D eigenvalue weighted by Crippen LogP contribution is 2.65. The zero-order valence-electron chi connectivity index (χ0n) is 22.5. The molecule has 4 saturated carbocycles. The normalized spacial score (nSPS) is 45.5. The molecule has 2 nitrogen and oxygen atoms in total. The summed E-state index contributed by atoms with van der Waals surface area (Å²) >= 11 is 0. The first-order chi connectivity index (χ1) is 14.7. The summed E-state index contributed by atoms with van der Waals surface area (Å²) in [6, 6.07) is 0. The van der Waals surface area contributed by atoms with Crippen LogP contribution in [0, 0.1) is 40.9 Å². The Morgan fingerprint density at radius 1 is 1.00 bits per heavy atom. The molecule has 1 N–H and O–H groups in total. The number of hydrogen-bond acceptors (Lipinski definition) is 2. The molecule has 0 amide bonds. The Hall–Kier alpha value is -0.123. The molecule has 0 heterocycles. The van der Waals surface area contributed by atoms with E-state index in [1.54, 1.807) is 0 Å². The summed E-state index contributed by atoms with van der Waals surface area (Å²) in [5.74, 6) is 4.99. The van der Waals surface area contributed by atoms with E-state index in [9.17, 15) is 5.11 Å². The average Bonchev–Trinajstić information content (AvgIpc) is 3.03. The first-order valence-electron chi connectivity index (χ1n) is 13.8. The van der Waals surface area contributed by atoms with Crippen LogP contribution >= 0.6 is 0 Å². The van der Waals surface area contributed by atoms with Crippen LogP contribution in [-0.2, 0) is 4.43 Å². The molecule has 0 aromatic rings. The Kier molecular flexibility index (Phi) is 6.42. The minimum Gasteiger partial charge on any atom is -0.414 e. The molecular formula is C29H52O2Si. The molecule has 184 valence electrons. The van der Waals surface area contributed by atoms with E-state index in [-0.39, 0.29) is 5.04 Å². The minimum atomic E-state index is -1.74. The Bertz CT molecular complexity index is 723. The standard InChI is InChI=1S/C29H52O2Si/c1-19(2)29(30)17-15-22-21(18-29)10-11-24-23(22)14-16-28(7)25(12-13-26(24)28)20(3)31-32(8,9)27(4,5)6/h20-26,30H,1,10-18H2,2-9H3/t20?,21-,22+,23-,24-,25-,26+,28-,29-/m1/s1. The minimum absolute atomic E-state index is 0.281. The topological polar surface area (TPSA) is 29.5 Å². The van der Waals surface area contributed by atoms with Gasteiger partial charge in [0.1, 0.15) is 0 Å². The highest BCUT2D eigenvalue weighted by molar-refractivity contribution is 6.74. The van der Waals surface area contributed by atoms with Crippen LogP contribution in [0.15, 0.2) is 12.2 Å². The second-order valence-corrected chi connectivity index (χ2v) is 19.1. The maximum Gasteiger partial charge on any atom is 0.192 e. The monoisotopic (exact) mass is 460 g/mol. The van der Waals surface area contributed by atoms with Crippen molar-refractivity contribution >= 4 is 8.32 Å². The molecule has 0 aromatic carbocycles. The molecule has 0 radical (unpaired) electrons. The zero-order valence-corrected chi connectivity index (χ0v) is 23.5. The third kappa shape index (κ3) is 4.00. The van der Waals surface area contributed by atoms with E-state index in [0.717, 1.165) is 48.0 Å². The smallest absolute Gasteiger partial charge is 0.192 e. The zero-order chi connectivity index (χ0) is 23.7. The Balaban J connectivity index is 1.47. The van der Waals surface area contributed by atoms with Crippen molar-refractivity contribution in [2.75, 3.05) is 0 Å². The molecule has 4 rings (SSSR count). The van der Waals surface area contributed by atoms with E-state index in [1.165, 1.54) is 44.9 Å². The number of aliphatic hydroxyl groups is 1. The van der Waals surface area contributed by atoms with Gasteiger partial charge in [-0.2, -0.15) is 0 Å². The molecular weight excluding hydrogens is 408 g/mol. The van der Waals surface area contributed by atoms with Gasteiger partial charge in [-0.25, -0.2) is 0 Å². The van der Waals surface area contributed by atoms with Crippen molar-refractivity contribution in [1.29, 1.82) is 0 Å². The maximum atomic E-state index is 11.1. The van der Waals surface area contributed by atoms with E-state index in [1.807, 2.05) is 6.92 Å². The van der Waals surface area contributed by atoms with Crippen LogP contribution in [0.5, 0.6) is 0 Å². The van der Waals surface area contributed by atoms with Gasteiger partial charge < -0.3 is 9.53 Å². The van der Waals surface area contributed by atoms with E-state index in [2.05, 4.69) is 54.3 Å². The lowest BCUT2D eigenvalue weighted by Crippen LogP contribution is -2.52. The van der Waals surface area contributed by atoms with Gasteiger partial charge >= 0.3 is 0 Å². The third-order valence-electron chi connectivity index (χ3n) is 11.7. The van der Waals surface area contributed by atoms with Crippen LogP contribution in [0.2, 0.25) is 18.1 Å². The van der Waals surface area contributed by atoms with Gasteiger partial charge in [-0.1, -0.05) is 34.3 Å². The highest BCUT2D eigenvalue weighted by Gasteiger charge is 2.59. The van der Waals surface area contributed by atoms with Gasteiger partial charge in [0.15, 0.2) is 8.32 Å². The quantitative estimate of drug-likeness (QED) is 0.340. The fourth-order valence-corrected chi connectivity index (χ4v) is 10.2. The lowest BCUT2D eigenvalue weighted by Gasteiger charge is -2.58. The molecule has 0 spiro atoms. The molecule has 3 heteroatoms. The first-order valence-corrected chi connectivity index (χ1v) is 16.7. The Morgan fingerprint density at radius 3 is 2.28 bits per heavy atom. The van der Waals surface area contributed by atoms with Gasteiger partial charge in [-0.05, 0) is 136 Å². The van der Waals surface area contributed by atoms with Gasteiger partial charge in [0.05, 0.1) is 5.60 Å². The van der Waals surface area contributed by atoms with E-state index in [0.29, 0.717) is 17.4 Å². The second-order valence-electron chi connectivity index (χ2n) is 14.3. The predicted molar refractivity (Wildman–Crippen MR) is 138 cm³/mol. The molecule has 0 aromatic heterocycles. The van der Waals surface area contributed by atoms with E-state index in [4.69, 9.17) is 4.43 Å². The second kappa shape index (κ2) is 8.23. The van der Waals surface area contributed by atoms with Crippen LogP contribution in [0.25, 0.3) is 0 Å². The van der Waals surface area contributed by atoms with Gasteiger partial charge in [-0.3, -0.25) is 0 Å². The first kappa shape index (κ1) is 25.0. The lowest BCUT2D eigenvalue weighted by molar-refractivity contribution is -0.101. The molecule has 0 bridgehead atoms. The SMILES string of the molecule is C=C(C)[C@@]1(O)CC[C@H]2[C@H](CC[C@@H]3[C@@H]2CC[C@]2(C)[C@@H](C(C)O[Si](C)(C)C(C)(C)C)CC[C@@H]32)C1. The predicted octanol–water partition coefficient (Wildman–Crippen LogP) is 7.97. The van der Waals surface area contributed by atoms with E-state index < -0.39 is 13.9 Å². The van der Waals surface area contributed by atoms with Gasteiger partial charge in [-0.15, -0.1) is 0 Å². The molecule has 4 aliphatic carbocycles. The average molecular weight is 461 g/mol. The van der Waals surface area contributed by atoms with Crippen molar-refractivity contribution in [3.8, 4) is 0 Å². The summed E-state index contributed by atoms with van der Waals surface area (Å²) in [5, 5.41) is 11.4. The molecule has 1 unspecified atom stereocenters. The summed E-state index contributed by atoms with van der Waals surface area (Å²) in [6.45, 7) is 23.2. The van der Waals surface area contributed by atoms with Crippen LogP contribution < -0.4 is 0 Å². The van der Waals surface area contributed by atoms with Crippen molar-refractivity contribution < 1.29 is 9.53 Å². The molecule has 0 aliphatic heterocycles. The van der Waals surface area contributed by atoms with Gasteiger partial charge in [0, 0.05) is 6.10 Å². The lowest BCUT2D eigenvalue weighted by atomic mass is 9.48. The number of hydrogen-bond donors (Lipinski definition) is 1. The fraction of sp³-hybridized carbons (Fsp3) is 0.931. The summed E-state index contributed by atoms with van der Waals surface area (Å²) in [4.78, 5) is 0. The maximum absolute atomic E-state index is 11.1. The Labute approximate surface area is 200 Å². The number of rotatable bonds is 4. The Morgan fingerprint density at radius 2 is 1.66 bits per heavy atom. The largest absolute Gasteiger partial charge is 0.414 e. The summed E-state index contributed by atoms with van der Waals surface area (Å²) in [6.07, 6.45) is 11.8.